The Labute approximate surface area is 153 Å². The van der Waals surface area contributed by atoms with Crippen LogP contribution in [0.4, 0.5) is 5.95 Å². The Hall–Kier alpha value is -2.95. The fourth-order valence-corrected chi connectivity index (χ4v) is 3.67. The van der Waals surface area contributed by atoms with E-state index >= 15 is 0 Å². The van der Waals surface area contributed by atoms with Gasteiger partial charge in [0.25, 0.3) is 0 Å². The topological polar surface area (TPSA) is 51.0 Å². The first kappa shape index (κ1) is 16.5. The van der Waals surface area contributed by atoms with Crippen LogP contribution in [-0.2, 0) is 4.79 Å². The van der Waals surface area contributed by atoms with Gasteiger partial charge in [0.2, 0.25) is 11.9 Å². The van der Waals surface area contributed by atoms with Crippen LogP contribution in [0.2, 0.25) is 0 Å². The zero-order chi connectivity index (χ0) is 18.1. The molecule has 5 heteroatoms. The number of carbonyl (C=O) groups excluding carboxylic acids is 1. The van der Waals surface area contributed by atoms with Crippen molar-refractivity contribution in [3.05, 3.63) is 77.6 Å². The maximum absolute atomic E-state index is 12.7. The number of hydrogen-bond acceptors (Lipinski definition) is 3. The largest absolute Gasteiger partial charge is 0.274 e. The second kappa shape index (κ2) is 6.75. The van der Waals surface area contributed by atoms with Gasteiger partial charge in [-0.1, -0.05) is 67.1 Å². The predicted octanol–water partition coefficient (Wildman–Crippen LogP) is 4.06. The Morgan fingerprint density at radius 2 is 1.73 bits per heavy atom. The molecule has 0 spiro atoms. The number of nitrogens with zero attached hydrogens (tertiary/aromatic N) is 4. The first-order chi connectivity index (χ1) is 12.7. The quantitative estimate of drug-likeness (QED) is 0.718. The van der Waals surface area contributed by atoms with Crippen molar-refractivity contribution in [3.63, 3.8) is 0 Å². The third-order valence-electron chi connectivity index (χ3n) is 5.04. The Bertz CT molecular complexity index is 901. The van der Waals surface area contributed by atoms with Crippen molar-refractivity contribution in [2.24, 2.45) is 0 Å². The molecule has 1 amide bonds. The van der Waals surface area contributed by atoms with E-state index in [0.29, 0.717) is 12.4 Å². The molecule has 26 heavy (non-hydrogen) atoms. The third-order valence-corrected chi connectivity index (χ3v) is 5.04. The van der Waals surface area contributed by atoms with Gasteiger partial charge in [0.15, 0.2) is 0 Å². The van der Waals surface area contributed by atoms with Crippen LogP contribution in [0.3, 0.4) is 0 Å². The molecule has 2 atom stereocenters. The van der Waals surface area contributed by atoms with Crippen molar-refractivity contribution in [1.82, 2.24) is 14.8 Å². The summed E-state index contributed by atoms with van der Waals surface area (Å²) in [6, 6.07) is 18.7. The van der Waals surface area contributed by atoms with Crippen LogP contribution in [-0.4, -0.2) is 20.7 Å². The minimum absolute atomic E-state index is 0.0494. The second-order valence-corrected chi connectivity index (χ2v) is 6.71. The maximum atomic E-state index is 12.7. The Morgan fingerprint density at radius 3 is 2.42 bits per heavy atom. The molecule has 2 heterocycles. The smallest absolute Gasteiger partial charge is 0.231 e. The van der Waals surface area contributed by atoms with Gasteiger partial charge in [0.05, 0.1) is 12.1 Å². The number of carbonyl (C=O) groups is 1. The van der Waals surface area contributed by atoms with Crippen LogP contribution in [0.1, 0.15) is 48.5 Å². The molecule has 3 aromatic rings. The molecule has 4 rings (SSSR count). The van der Waals surface area contributed by atoms with E-state index in [1.165, 1.54) is 11.1 Å². The summed E-state index contributed by atoms with van der Waals surface area (Å²) in [5.74, 6) is 0.693. The first-order valence-electron chi connectivity index (χ1n) is 9.02. The van der Waals surface area contributed by atoms with Gasteiger partial charge < -0.3 is 0 Å². The zero-order valence-corrected chi connectivity index (χ0v) is 15.0. The standard InChI is InChI=1S/C21H22N4O/c1-3-20(26)24-18(16-7-5-4-6-8-16)13-19(25-21(24)22-14-23-25)17-11-9-15(2)10-12-17/h4-12,14,18-19H,3,13H2,1-2H3. The molecule has 1 aromatic heterocycles. The average Bonchev–Trinajstić information content (AvgIpc) is 3.17. The third kappa shape index (κ3) is 2.79. The number of anilines is 1. The lowest BCUT2D eigenvalue weighted by molar-refractivity contribution is -0.119. The molecule has 5 nitrogen and oxygen atoms in total. The van der Waals surface area contributed by atoms with Crippen LogP contribution in [0.25, 0.3) is 0 Å². The van der Waals surface area contributed by atoms with E-state index in [-0.39, 0.29) is 18.0 Å². The van der Waals surface area contributed by atoms with Gasteiger partial charge in [-0.3, -0.25) is 9.69 Å². The van der Waals surface area contributed by atoms with E-state index in [4.69, 9.17) is 0 Å². The molecular formula is C21H22N4O. The highest BCUT2D eigenvalue weighted by atomic mass is 16.2. The van der Waals surface area contributed by atoms with Crippen LogP contribution >= 0.6 is 0 Å². The number of amides is 1. The van der Waals surface area contributed by atoms with Crippen molar-refractivity contribution in [2.75, 3.05) is 4.90 Å². The van der Waals surface area contributed by atoms with Crippen LogP contribution in [0.15, 0.2) is 60.9 Å². The van der Waals surface area contributed by atoms with Gasteiger partial charge in [-0.25, -0.2) is 4.68 Å². The van der Waals surface area contributed by atoms with E-state index in [9.17, 15) is 4.79 Å². The molecule has 0 saturated heterocycles. The molecule has 0 radical (unpaired) electrons. The molecule has 0 aliphatic carbocycles. The van der Waals surface area contributed by atoms with Gasteiger partial charge >= 0.3 is 0 Å². The normalized spacial score (nSPS) is 19.2. The van der Waals surface area contributed by atoms with E-state index < -0.39 is 0 Å². The van der Waals surface area contributed by atoms with Crippen molar-refractivity contribution in [1.29, 1.82) is 0 Å². The molecule has 0 N–H and O–H groups in total. The maximum Gasteiger partial charge on any atom is 0.231 e. The van der Waals surface area contributed by atoms with E-state index in [0.717, 1.165) is 12.0 Å². The van der Waals surface area contributed by atoms with E-state index in [2.05, 4.69) is 53.4 Å². The van der Waals surface area contributed by atoms with E-state index in [1.807, 2.05) is 34.7 Å². The molecule has 0 bridgehead atoms. The fourth-order valence-electron chi connectivity index (χ4n) is 3.67. The molecule has 2 aromatic carbocycles. The van der Waals surface area contributed by atoms with Crippen molar-refractivity contribution in [2.45, 2.75) is 38.8 Å². The second-order valence-electron chi connectivity index (χ2n) is 6.71. The number of fused-ring (bicyclic) bond motifs is 1. The molecular weight excluding hydrogens is 324 g/mol. The highest BCUT2D eigenvalue weighted by molar-refractivity contribution is 5.92. The van der Waals surface area contributed by atoms with Crippen molar-refractivity contribution in [3.8, 4) is 0 Å². The van der Waals surface area contributed by atoms with Gasteiger partial charge in [-0.05, 0) is 24.5 Å². The summed E-state index contributed by atoms with van der Waals surface area (Å²) in [5.41, 5.74) is 3.54. The van der Waals surface area contributed by atoms with E-state index in [1.54, 1.807) is 6.33 Å². The molecule has 1 aliphatic heterocycles. The lowest BCUT2D eigenvalue weighted by atomic mass is 9.91. The lowest BCUT2D eigenvalue weighted by Crippen LogP contribution is -2.42. The minimum Gasteiger partial charge on any atom is -0.274 e. The van der Waals surface area contributed by atoms with Crippen molar-refractivity contribution >= 4 is 11.9 Å². The summed E-state index contributed by atoms with van der Waals surface area (Å²) < 4.78 is 1.89. The monoisotopic (exact) mass is 346 g/mol. The summed E-state index contributed by atoms with van der Waals surface area (Å²) in [6.45, 7) is 3.97. The fraction of sp³-hybridized carbons (Fsp3) is 0.286. The van der Waals surface area contributed by atoms with Gasteiger partial charge in [0.1, 0.15) is 6.33 Å². The number of aryl methyl sites for hydroxylation is 1. The molecule has 1 aliphatic rings. The van der Waals surface area contributed by atoms with Crippen LogP contribution in [0, 0.1) is 6.92 Å². The average molecular weight is 346 g/mol. The van der Waals surface area contributed by atoms with Gasteiger partial charge in [0, 0.05) is 6.42 Å². The summed E-state index contributed by atoms with van der Waals surface area (Å²) in [7, 11) is 0. The summed E-state index contributed by atoms with van der Waals surface area (Å²) >= 11 is 0. The zero-order valence-electron chi connectivity index (χ0n) is 15.0. The van der Waals surface area contributed by atoms with Crippen molar-refractivity contribution < 1.29 is 4.79 Å². The Morgan fingerprint density at radius 1 is 1.04 bits per heavy atom. The van der Waals surface area contributed by atoms with Crippen LogP contribution in [0.5, 0.6) is 0 Å². The highest BCUT2D eigenvalue weighted by Gasteiger charge is 2.38. The number of rotatable bonds is 3. The molecule has 0 saturated carbocycles. The molecule has 2 unspecified atom stereocenters. The van der Waals surface area contributed by atoms with Gasteiger partial charge in [-0.2, -0.15) is 10.1 Å². The number of hydrogen-bond donors (Lipinski definition) is 0. The minimum atomic E-state index is -0.0494. The Balaban J connectivity index is 1.83. The summed E-state index contributed by atoms with van der Waals surface area (Å²) in [5, 5.41) is 4.44. The van der Waals surface area contributed by atoms with Crippen LogP contribution < -0.4 is 4.90 Å². The number of aromatic nitrogens is 3. The highest BCUT2D eigenvalue weighted by Crippen LogP contribution is 2.41. The molecule has 0 fully saturated rings. The lowest BCUT2D eigenvalue weighted by Gasteiger charge is -2.39. The summed E-state index contributed by atoms with van der Waals surface area (Å²) in [6.07, 6.45) is 2.75. The first-order valence-corrected chi connectivity index (χ1v) is 9.02. The summed E-state index contributed by atoms with van der Waals surface area (Å²) in [4.78, 5) is 19.0. The SMILES string of the molecule is CCC(=O)N1c2ncnn2C(c2ccc(C)cc2)CC1c1ccccc1. The van der Waals surface area contributed by atoms with Gasteiger partial charge in [-0.15, -0.1) is 0 Å². The molecule has 132 valence electrons. The number of benzene rings is 2. The Kier molecular flexibility index (Phi) is 4.29. The predicted molar refractivity (Wildman–Crippen MR) is 101 cm³/mol.